The van der Waals surface area contributed by atoms with E-state index < -0.39 is 18.3 Å². The molecule has 0 radical (unpaired) electrons. The van der Waals surface area contributed by atoms with Crippen LogP contribution < -0.4 is 39.4 Å². The quantitative estimate of drug-likeness (QED) is 0.156. The van der Waals surface area contributed by atoms with Gasteiger partial charge in [-0.15, -0.1) is 11.6 Å². The molecule has 2 aliphatic rings. The van der Waals surface area contributed by atoms with Gasteiger partial charge in [-0.25, -0.2) is 19.6 Å². The SMILES string of the molecule is O=C1OC(CCl)CN1c1ccc(Br)cn1.[N-]=[N+]=NCC1CN(c2ccc(Br)cn2)C(=O)O1.[N-]=[N+]=[N-].[Na+]. The Kier molecular flexibility index (Phi) is 14.5. The number of ether oxygens (including phenoxy) is 2. The van der Waals surface area contributed by atoms with E-state index in [1.807, 2.05) is 6.07 Å². The predicted octanol–water partition coefficient (Wildman–Crippen LogP) is 2.76. The molecule has 0 spiro atoms. The third-order valence-corrected chi connectivity index (χ3v) is 5.53. The first-order chi connectivity index (χ1) is 16.8. The average Bonchev–Trinajstić information content (AvgIpc) is 3.41. The molecule has 0 aliphatic carbocycles. The molecule has 0 bridgehead atoms. The van der Waals surface area contributed by atoms with Gasteiger partial charge in [-0.05, 0) is 61.7 Å². The fourth-order valence-corrected chi connectivity index (χ4v) is 3.41. The topological polar surface area (TPSA) is 192 Å². The zero-order chi connectivity index (χ0) is 25.8. The van der Waals surface area contributed by atoms with E-state index in [0.29, 0.717) is 30.6 Å². The van der Waals surface area contributed by atoms with Gasteiger partial charge in [0.25, 0.3) is 0 Å². The zero-order valence-electron chi connectivity index (χ0n) is 18.7. The first-order valence-corrected chi connectivity index (χ1v) is 11.7. The van der Waals surface area contributed by atoms with E-state index in [-0.39, 0.29) is 42.2 Å². The number of amides is 2. The van der Waals surface area contributed by atoms with Crippen LogP contribution >= 0.6 is 43.5 Å². The number of azide groups is 1. The molecule has 0 saturated carbocycles. The molecule has 184 valence electrons. The maximum absolute atomic E-state index is 11.6. The van der Waals surface area contributed by atoms with Crippen LogP contribution in [0.5, 0.6) is 0 Å². The summed E-state index contributed by atoms with van der Waals surface area (Å²) in [6.45, 7) is 0.929. The third kappa shape index (κ3) is 9.64. The Morgan fingerprint density at radius 1 is 0.944 bits per heavy atom. The molecule has 2 aromatic rings. The number of hydrogen-bond acceptors (Lipinski definition) is 7. The molecule has 2 saturated heterocycles. The Hall–Kier alpha value is -2.29. The van der Waals surface area contributed by atoms with E-state index in [1.54, 1.807) is 30.6 Å². The summed E-state index contributed by atoms with van der Waals surface area (Å²) < 4.78 is 11.7. The van der Waals surface area contributed by atoms with Crippen molar-refractivity contribution in [2.75, 3.05) is 35.3 Å². The van der Waals surface area contributed by atoms with Crippen molar-refractivity contribution in [2.24, 2.45) is 5.11 Å². The van der Waals surface area contributed by atoms with Gasteiger partial charge in [-0.3, -0.25) is 14.7 Å². The second-order valence-electron chi connectivity index (χ2n) is 6.56. The van der Waals surface area contributed by atoms with Crippen LogP contribution in [-0.2, 0) is 9.47 Å². The molecular formula is C18H16Br2ClN10NaO4. The Morgan fingerprint density at radius 2 is 1.39 bits per heavy atom. The normalized spacial score (nSPS) is 17.6. The molecule has 0 N–H and O–H groups in total. The molecule has 2 aliphatic heterocycles. The number of alkyl halides is 1. The van der Waals surface area contributed by atoms with Crippen LogP contribution in [0, 0.1) is 0 Å². The van der Waals surface area contributed by atoms with Gasteiger partial charge in [0.1, 0.15) is 23.8 Å². The van der Waals surface area contributed by atoms with Gasteiger partial charge in [0.2, 0.25) is 0 Å². The first-order valence-electron chi connectivity index (χ1n) is 9.57. The standard InChI is InChI=1S/C9H8BrClN2O2.C9H8BrN5O2.N3.Na/c10-6-1-2-8(12-4-6)13-5-7(3-11)15-9(13)14;10-6-1-2-8(12-3-6)15-5-7(4-13-14-11)17-9(15)16;1-3-2;/h1-2,4,7H,3,5H2;1-3,7H,4-5H2;;/q;;-1;+1. The van der Waals surface area contributed by atoms with Crippen LogP contribution in [0.2, 0.25) is 0 Å². The van der Waals surface area contributed by atoms with Gasteiger partial charge >= 0.3 is 41.7 Å². The number of nitrogens with zero attached hydrogens (tertiary/aromatic N) is 10. The Balaban J connectivity index is 0.000000319. The van der Waals surface area contributed by atoms with Crippen molar-refractivity contribution in [2.45, 2.75) is 12.2 Å². The number of cyclic esters (lactones) is 2. The van der Waals surface area contributed by atoms with Gasteiger partial charge in [-0.1, -0.05) is 5.11 Å². The van der Waals surface area contributed by atoms with E-state index in [9.17, 15) is 9.59 Å². The molecule has 2 atom stereocenters. The molecule has 36 heavy (non-hydrogen) atoms. The number of anilines is 2. The number of carbonyl (C=O) groups is 2. The monoisotopic (exact) mass is 652 g/mol. The minimum absolute atomic E-state index is 0. The first kappa shape index (κ1) is 31.7. The Labute approximate surface area is 248 Å². The third-order valence-electron chi connectivity index (χ3n) is 4.25. The van der Waals surface area contributed by atoms with Crippen molar-refractivity contribution in [3.63, 3.8) is 0 Å². The number of hydrogen-bond donors (Lipinski definition) is 0. The molecule has 4 rings (SSSR count). The second kappa shape index (κ2) is 16.5. The van der Waals surface area contributed by atoms with Crippen LogP contribution in [-0.4, -0.2) is 59.9 Å². The summed E-state index contributed by atoms with van der Waals surface area (Å²) in [7, 11) is 0. The fourth-order valence-electron chi connectivity index (χ4n) is 2.78. The van der Waals surface area contributed by atoms with Gasteiger partial charge in [0.15, 0.2) is 0 Å². The summed E-state index contributed by atoms with van der Waals surface area (Å²) in [5, 5.41) is 3.38. The summed E-state index contributed by atoms with van der Waals surface area (Å²) >= 11 is 12.2. The Morgan fingerprint density at radius 3 is 1.75 bits per heavy atom. The summed E-state index contributed by atoms with van der Waals surface area (Å²) in [5.41, 5.74) is 21.7. The second-order valence-corrected chi connectivity index (χ2v) is 8.70. The molecule has 2 fully saturated rings. The van der Waals surface area contributed by atoms with E-state index >= 15 is 0 Å². The number of pyridine rings is 2. The maximum atomic E-state index is 11.6. The summed E-state index contributed by atoms with van der Waals surface area (Å²) in [6, 6.07) is 7.07. The zero-order valence-corrected chi connectivity index (χ0v) is 24.6. The average molecular weight is 655 g/mol. The summed E-state index contributed by atoms with van der Waals surface area (Å²) in [4.78, 5) is 38.2. The van der Waals surface area contributed by atoms with Crippen LogP contribution in [0.15, 0.2) is 50.7 Å². The van der Waals surface area contributed by atoms with Crippen LogP contribution in [0.3, 0.4) is 0 Å². The van der Waals surface area contributed by atoms with E-state index in [4.69, 9.17) is 37.7 Å². The van der Waals surface area contributed by atoms with Crippen LogP contribution in [0.1, 0.15) is 0 Å². The molecule has 2 amide bonds. The van der Waals surface area contributed by atoms with Crippen molar-refractivity contribution in [1.82, 2.24) is 9.97 Å². The minimum atomic E-state index is -0.474. The van der Waals surface area contributed by atoms with Gasteiger partial charge in [0, 0.05) is 26.3 Å². The fraction of sp³-hybridized carbons (Fsp3) is 0.333. The largest absolute Gasteiger partial charge is 1.00 e. The molecule has 2 aromatic heterocycles. The van der Waals surface area contributed by atoms with Crippen LogP contribution in [0.25, 0.3) is 26.4 Å². The smallest absolute Gasteiger partial charge is 0.444 e. The summed E-state index contributed by atoms with van der Waals surface area (Å²) in [5.74, 6) is 1.40. The van der Waals surface area contributed by atoms with Gasteiger partial charge in [-0.2, -0.15) is 0 Å². The molecule has 14 nitrogen and oxygen atoms in total. The van der Waals surface area contributed by atoms with Crippen molar-refractivity contribution < 1.29 is 48.6 Å². The molecule has 2 unspecified atom stereocenters. The number of rotatable bonds is 5. The molecule has 4 heterocycles. The molecular weight excluding hydrogens is 639 g/mol. The summed E-state index contributed by atoms with van der Waals surface area (Å²) in [6.07, 6.45) is 1.71. The van der Waals surface area contributed by atoms with Crippen molar-refractivity contribution in [3.05, 3.63) is 72.0 Å². The van der Waals surface area contributed by atoms with E-state index in [1.165, 1.54) is 14.7 Å². The molecule has 18 heteroatoms. The van der Waals surface area contributed by atoms with Crippen molar-refractivity contribution >= 4 is 67.3 Å². The number of halogens is 3. The molecule has 0 aromatic carbocycles. The van der Waals surface area contributed by atoms with Crippen LogP contribution in [0.4, 0.5) is 21.2 Å². The van der Waals surface area contributed by atoms with E-state index in [2.05, 4.69) is 51.9 Å². The maximum Gasteiger partial charge on any atom is 1.00 e. The van der Waals surface area contributed by atoms with Gasteiger partial charge in [0.05, 0.1) is 25.5 Å². The van der Waals surface area contributed by atoms with Crippen molar-refractivity contribution in [3.8, 4) is 0 Å². The minimum Gasteiger partial charge on any atom is -0.444 e. The Bertz CT molecular complexity index is 1100. The van der Waals surface area contributed by atoms with Gasteiger partial charge < -0.3 is 20.5 Å². The number of aromatic nitrogens is 2. The number of carbonyl (C=O) groups excluding carboxylic acids is 2. The predicted molar refractivity (Wildman–Crippen MR) is 134 cm³/mol. The van der Waals surface area contributed by atoms with Crippen molar-refractivity contribution in [1.29, 1.82) is 0 Å². The van der Waals surface area contributed by atoms with E-state index in [0.717, 1.165) is 8.95 Å².